The number of hydrogen-bond acceptors (Lipinski definition) is 2. The molecule has 0 aliphatic carbocycles. The number of benzene rings is 1. The summed E-state index contributed by atoms with van der Waals surface area (Å²) in [5, 5.41) is 14.5. The predicted octanol–water partition coefficient (Wildman–Crippen LogP) is 2.42. The normalized spacial score (nSPS) is 12.0. The van der Waals surface area contributed by atoms with E-state index in [1.54, 1.807) is 13.0 Å². The van der Waals surface area contributed by atoms with Crippen LogP contribution in [0.3, 0.4) is 0 Å². The Morgan fingerprint density at radius 1 is 1.44 bits per heavy atom. The molecule has 1 atom stereocenters. The highest BCUT2D eigenvalue weighted by Gasteiger charge is 2.05. The van der Waals surface area contributed by atoms with Gasteiger partial charge in [-0.3, -0.25) is 0 Å². The predicted molar refractivity (Wildman–Crippen MR) is 69.1 cm³/mol. The Labute approximate surface area is 106 Å². The maximum atomic E-state index is 13.1. The van der Waals surface area contributed by atoms with E-state index in [2.05, 4.69) is 10.6 Å². The van der Waals surface area contributed by atoms with Crippen LogP contribution in [0.15, 0.2) is 18.2 Å². The van der Waals surface area contributed by atoms with Crippen molar-refractivity contribution in [2.24, 2.45) is 0 Å². The van der Waals surface area contributed by atoms with Gasteiger partial charge in [-0.25, -0.2) is 9.18 Å². The first kappa shape index (κ1) is 14.4. The SMILES string of the molecule is CCC(O)CCNC(=O)Nc1cc(C)cc(F)c1. The van der Waals surface area contributed by atoms with Gasteiger partial charge in [-0.1, -0.05) is 6.92 Å². The maximum Gasteiger partial charge on any atom is 0.319 e. The lowest BCUT2D eigenvalue weighted by molar-refractivity contribution is 0.160. The first-order valence-electron chi connectivity index (χ1n) is 6.01. The number of aliphatic hydroxyl groups is 1. The first-order chi connectivity index (χ1) is 8.51. The quantitative estimate of drug-likeness (QED) is 0.755. The Balaban J connectivity index is 2.40. The third kappa shape index (κ3) is 5.14. The lowest BCUT2D eigenvalue weighted by Crippen LogP contribution is -2.31. The number of carbonyl (C=O) groups excluding carboxylic acids is 1. The summed E-state index contributed by atoms with van der Waals surface area (Å²) in [7, 11) is 0. The minimum absolute atomic E-state index is 0.383. The van der Waals surface area contributed by atoms with Gasteiger partial charge in [0.25, 0.3) is 0 Å². The highest BCUT2D eigenvalue weighted by Crippen LogP contribution is 2.12. The molecule has 0 saturated carbocycles. The average Bonchev–Trinajstić information content (AvgIpc) is 2.27. The van der Waals surface area contributed by atoms with Gasteiger partial charge in [0.15, 0.2) is 0 Å². The van der Waals surface area contributed by atoms with Crippen LogP contribution in [0.2, 0.25) is 0 Å². The van der Waals surface area contributed by atoms with Crippen molar-refractivity contribution in [1.82, 2.24) is 5.32 Å². The number of hydrogen-bond donors (Lipinski definition) is 3. The number of anilines is 1. The molecule has 1 aromatic rings. The van der Waals surface area contributed by atoms with Crippen LogP contribution in [0.4, 0.5) is 14.9 Å². The van der Waals surface area contributed by atoms with Crippen LogP contribution >= 0.6 is 0 Å². The molecule has 4 nitrogen and oxygen atoms in total. The molecule has 0 radical (unpaired) electrons. The molecule has 0 heterocycles. The van der Waals surface area contributed by atoms with Crippen LogP contribution in [0.1, 0.15) is 25.3 Å². The van der Waals surface area contributed by atoms with Crippen molar-refractivity contribution in [2.45, 2.75) is 32.8 Å². The van der Waals surface area contributed by atoms with Crippen LogP contribution < -0.4 is 10.6 Å². The second-order valence-electron chi connectivity index (χ2n) is 4.25. The summed E-state index contributed by atoms with van der Waals surface area (Å²) >= 11 is 0. The second-order valence-corrected chi connectivity index (χ2v) is 4.25. The van der Waals surface area contributed by atoms with E-state index in [1.165, 1.54) is 12.1 Å². The Kier molecular flexibility index (Phi) is 5.58. The van der Waals surface area contributed by atoms with Crippen LogP contribution in [-0.4, -0.2) is 23.8 Å². The molecule has 0 spiro atoms. The highest BCUT2D eigenvalue weighted by atomic mass is 19.1. The van der Waals surface area contributed by atoms with E-state index in [0.717, 1.165) is 5.56 Å². The van der Waals surface area contributed by atoms with Crippen LogP contribution in [0, 0.1) is 12.7 Å². The lowest BCUT2D eigenvalue weighted by Gasteiger charge is -2.10. The Morgan fingerprint density at radius 2 is 2.17 bits per heavy atom. The standard InChI is InChI=1S/C13H19FN2O2/c1-3-12(17)4-5-15-13(18)16-11-7-9(2)6-10(14)8-11/h6-8,12,17H,3-5H2,1-2H3,(H2,15,16,18). The maximum absolute atomic E-state index is 13.1. The molecule has 1 rings (SSSR count). The fourth-order valence-corrected chi connectivity index (χ4v) is 1.54. The minimum atomic E-state index is -0.401. The summed E-state index contributed by atoms with van der Waals surface area (Å²) in [5.41, 5.74) is 1.16. The second kappa shape index (κ2) is 6.96. The molecule has 2 amide bonds. The summed E-state index contributed by atoms with van der Waals surface area (Å²) in [6, 6.07) is 3.93. The van der Waals surface area contributed by atoms with Crippen molar-refractivity contribution in [3.8, 4) is 0 Å². The zero-order chi connectivity index (χ0) is 13.5. The molecule has 5 heteroatoms. The van der Waals surface area contributed by atoms with Crippen molar-refractivity contribution in [3.05, 3.63) is 29.6 Å². The summed E-state index contributed by atoms with van der Waals surface area (Å²) in [5.74, 6) is -0.383. The fraction of sp³-hybridized carbons (Fsp3) is 0.462. The van der Waals surface area contributed by atoms with Crippen molar-refractivity contribution in [2.75, 3.05) is 11.9 Å². The van der Waals surface area contributed by atoms with Crippen LogP contribution in [-0.2, 0) is 0 Å². The summed E-state index contributed by atoms with van der Waals surface area (Å²) in [6.45, 7) is 4.01. The molecule has 0 aliphatic heterocycles. The lowest BCUT2D eigenvalue weighted by atomic mass is 10.2. The molecule has 1 unspecified atom stereocenters. The molecule has 1 aromatic carbocycles. The van der Waals surface area contributed by atoms with E-state index in [4.69, 9.17) is 0 Å². The van der Waals surface area contributed by atoms with E-state index in [1.807, 2.05) is 6.92 Å². The average molecular weight is 254 g/mol. The van der Waals surface area contributed by atoms with Gasteiger partial charge >= 0.3 is 6.03 Å². The van der Waals surface area contributed by atoms with Crippen LogP contribution in [0.5, 0.6) is 0 Å². The topological polar surface area (TPSA) is 61.4 Å². The van der Waals surface area contributed by atoms with Crippen molar-refractivity contribution >= 4 is 11.7 Å². The number of aliphatic hydroxyl groups excluding tert-OH is 1. The monoisotopic (exact) mass is 254 g/mol. The van der Waals surface area contributed by atoms with Gasteiger partial charge in [0, 0.05) is 12.2 Å². The zero-order valence-corrected chi connectivity index (χ0v) is 10.7. The minimum Gasteiger partial charge on any atom is -0.393 e. The number of amides is 2. The highest BCUT2D eigenvalue weighted by molar-refractivity contribution is 5.89. The van der Waals surface area contributed by atoms with Crippen LogP contribution in [0.25, 0.3) is 0 Å². The van der Waals surface area contributed by atoms with E-state index in [-0.39, 0.29) is 5.82 Å². The Hall–Kier alpha value is -1.62. The number of carbonyl (C=O) groups is 1. The third-order valence-corrected chi connectivity index (χ3v) is 2.53. The number of nitrogens with one attached hydrogen (secondary N) is 2. The fourth-order valence-electron chi connectivity index (χ4n) is 1.54. The van der Waals surface area contributed by atoms with E-state index < -0.39 is 12.1 Å². The number of urea groups is 1. The van der Waals surface area contributed by atoms with Gasteiger partial charge in [-0.05, 0) is 43.5 Å². The molecule has 0 aliphatic rings. The number of rotatable bonds is 5. The van der Waals surface area contributed by atoms with Gasteiger partial charge in [-0.15, -0.1) is 0 Å². The van der Waals surface area contributed by atoms with E-state index in [0.29, 0.717) is 25.1 Å². The van der Waals surface area contributed by atoms with Gasteiger partial charge in [0.2, 0.25) is 0 Å². The van der Waals surface area contributed by atoms with Gasteiger partial charge in [0.05, 0.1) is 6.10 Å². The Bertz CT molecular complexity index is 390. The third-order valence-electron chi connectivity index (χ3n) is 2.53. The molecule has 18 heavy (non-hydrogen) atoms. The summed E-state index contributed by atoms with van der Waals surface area (Å²) in [6.07, 6.45) is 0.764. The summed E-state index contributed by atoms with van der Waals surface area (Å²) in [4.78, 5) is 11.5. The van der Waals surface area contributed by atoms with E-state index in [9.17, 15) is 14.3 Å². The molecular formula is C13H19FN2O2. The van der Waals surface area contributed by atoms with Crippen molar-refractivity contribution in [3.63, 3.8) is 0 Å². The molecular weight excluding hydrogens is 235 g/mol. The molecule has 0 fully saturated rings. The molecule has 100 valence electrons. The van der Waals surface area contributed by atoms with Crippen molar-refractivity contribution in [1.29, 1.82) is 0 Å². The summed E-state index contributed by atoms with van der Waals surface area (Å²) < 4.78 is 13.1. The van der Waals surface area contributed by atoms with Crippen molar-refractivity contribution < 1.29 is 14.3 Å². The largest absolute Gasteiger partial charge is 0.393 e. The molecule has 0 saturated heterocycles. The van der Waals surface area contributed by atoms with Gasteiger partial charge in [-0.2, -0.15) is 0 Å². The van der Waals surface area contributed by atoms with Gasteiger partial charge in [0.1, 0.15) is 5.82 Å². The smallest absolute Gasteiger partial charge is 0.319 e. The van der Waals surface area contributed by atoms with E-state index >= 15 is 0 Å². The zero-order valence-electron chi connectivity index (χ0n) is 10.7. The first-order valence-corrected chi connectivity index (χ1v) is 6.01. The molecule has 0 bridgehead atoms. The molecule has 0 aromatic heterocycles. The number of halogens is 1. The number of aryl methyl sites for hydroxylation is 1. The van der Waals surface area contributed by atoms with Gasteiger partial charge < -0.3 is 15.7 Å². The Morgan fingerprint density at radius 3 is 2.78 bits per heavy atom. The molecule has 3 N–H and O–H groups in total.